The zero-order chi connectivity index (χ0) is 24.1. The van der Waals surface area contributed by atoms with Crippen LogP contribution >= 0.6 is 7.75 Å². The number of benzene rings is 1. The van der Waals surface area contributed by atoms with Crippen molar-refractivity contribution in [2.24, 2.45) is 5.50 Å². The zero-order valence-corrected chi connectivity index (χ0v) is 18.7. The summed E-state index contributed by atoms with van der Waals surface area (Å²) in [4.78, 5) is 25.1. The van der Waals surface area contributed by atoms with E-state index in [1.165, 1.54) is 12.3 Å². The fourth-order valence-electron chi connectivity index (χ4n) is 3.08. The summed E-state index contributed by atoms with van der Waals surface area (Å²) in [6.07, 6.45) is 0.200. The number of carbonyl (C=O) groups is 1. The van der Waals surface area contributed by atoms with E-state index in [0.29, 0.717) is 17.6 Å². The van der Waals surface area contributed by atoms with E-state index in [0.717, 1.165) is 18.2 Å². The highest BCUT2D eigenvalue weighted by Gasteiger charge is 2.52. The van der Waals surface area contributed by atoms with Crippen molar-refractivity contribution in [3.8, 4) is 5.75 Å². The molecule has 2 aliphatic heterocycles. The first-order valence-electron chi connectivity index (χ1n) is 10.1. The van der Waals surface area contributed by atoms with Gasteiger partial charge in [0.05, 0.1) is 19.3 Å². The Morgan fingerprint density at radius 1 is 1.30 bits per heavy atom. The van der Waals surface area contributed by atoms with Crippen LogP contribution in [0.25, 0.3) is 0 Å². The van der Waals surface area contributed by atoms with E-state index in [9.17, 15) is 22.9 Å². The molecule has 0 amide bonds. The molecule has 0 bridgehead atoms. The Kier molecular flexibility index (Phi) is 7.96. The molecule has 2 N–H and O–H groups in total. The Morgan fingerprint density at radius 2 is 2.03 bits per heavy atom. The molecular weight excluding hydrogens is 463 g/mol. The average Bonchev–Trinajstić information content (AvgIpc) is 3.35. The highest BCUT2D eigenvalue weighted by atomic mass is 31.2. The normalized spacial score (nSPS) is 23.2. The molecule has 13 heteroatoms. The van der Waals surface area contributed by atoms with Crippen molar-refractivity contribution in [1.82, 2.24) is 9.55 Å². The highest BCUT2D eigenvalue weighted by molar-refractivity contribution is 7.51. The van der Waals surface area contributed by atoms with Gasteiger partial charge in [0.2, 0.25) is 6.23 Å². The number of aryl methyl sites for hydroxylation is 1. The van der Waals surface area contributed by atoms with Crippen molar-refractivity contribution in [3.05, 3.63) is 58.8 Å². The van der Waals surface area contributed by atoms with E-state index in [1.807, 2.05) is 6.92 Å². The van der Waals surface area contributed by atoms with E-state index in [-0.39, 0.29) is 11.7 Å². The van der Waals surface area contributed by atoms with Crippen molar-refractivity contribution in [2.75, 3.05) is 13.2 Å². The number of hydrogen-bond acceptors (Lipinski definition) is 8. The number of alkyl halides is 2. The van der Waals surface area contributed by atoms with Gasteiger partial charge in [-0.2, -0.15) is 0 Å². The van der Waals surface area contributed by atoms with Gasteiger partial charge in [-0.25, -0.2) is 28.6 Å². The van der Waals surface area contributed by atoms with Crippen LogP contribution in [-0.4, -0.2) is 40.8 Å². The third-order valence-electron chi connectivity index (χ3n) is 4.66. The fourth-order valence-corrected chi connectivity index (χ4v) is 3.92. The fraction of sp³-hybridized carbons (Fsp3) is 0.450. The van der Waals surface area contributed by atoms with Crippen LogP contribution in [0.1, 0.15) is 31.1 Å². The summed E-state index contributed by atoms with van der Waals surface area (Å²) >= 11 is 0. The van der Waals surface area contributed by atoms with Gasteiger partial charge in [0.1, 0.15) is 5.75 Å². The second-order valence-electron chi connectivity index (χ2n) is 7.45. The summed E-state index contributed by atoms with van der Waals surface area (Å²) < 4.78 is 61.2. The third-order valence-corrected chi connectivity index (χ3v) is 5.63. The molecule has 0 spiro atoms. The molecule has 2 aliphatic rings. The summed E-state index contributed by atoms with van der Waals surface area (Å²) in [5.41, 5.74) is 5.61. The maximum atomic E-state index is 14.2. The largest absolute Gasteiger partial charge is 0.466 e. The predicted molar refractivity (Wildman–Crippen MR) is 112 cm³/mol. The lowest BCUT2D eigenvalue weighted by Crippen LogP contribution is -2.34. The van der Waals surface area contributed by atoms with Crippen LogP contribution in [-0.2, 0) is 23.4 Å². The van der Waals surface area contributed by atoms with Gasteiger partial charge in [-0.05, 0) is 31.5 Å². The van der Waals surface area contributed by atoms with Crippen LogP contribution in [0.3, 0.4) is 0 Å². The molecule has 3 heterocycles. The van der Waals surface area contributed by atoms with Crippen molar-refractivity contribution in [2.45, 2.75) is 44.4 Å². The Morgan fingerprint density at radius 3 is 2.61 bits per heavy atom. The van der Waals surface area contributed by atoms with Gasteiger partial charge in [0.25, 0.3) is 5.92 Å². The summed E-state index contributed by atoms with van der Waals surface area (Å²) in [5.74, 6) is -3.16. The number of nitrogens with two attached hydrogens (primary N) is 1. The Bertz CT molecular complexity index is 1060. The lowest BCUT2D eigenvalue weighted by Gasteiger charge is -2.19. The van der Waals surface area contributed by atoms with Crippen LogP contribution in [0.15, 0.2) is 47.5 Å². The van der Waals surface area contributed by atoms with Gasteiger partial charge in [-0.3, -0.25) is 13.9 Å². The van der Waals surface area contributed by atoms with Gasteiger partial charge < -0.3 is 14.0 Å². The van der Waals surface area contributed by atoms with E-state index in [2.05, 4.69) is 9.72 Å². The smallest absolute Gasteiger partial charge is 0.456 e. The lowest BCUT2D eigenvalue weighted by atomic mass is 10.2. The number of carbonyl (C=O) groups excluding carboxylic acids is 1. The summed E-state index contributed by atoms with van der Waals surface area (Å²) in [6.45, 7) is 2.02. The second kappa shape index (κ2) is 10.5. The first kappa shape index (κ1) is 25.0. The molecule has 2 aromatic rings. The number of aromatic nitrogens is 2. The summed E-state index contributed by atoms with van der Waals surface area (Å²) in [5, 5.41) is 0. The zero-order valence-electron chi connectivity index (χ0n) is 17.8. The standard InChI is InChI=1S/C16H18F2N3O5P.C4H6O2/c1-11-3-5-12(6-4-11)26-27(19,23)24-10-13-9-16(17,18)14(25-13)21-8-2-7-20-15(21)22;5-4-2-1-3-6-4/h2-8,13-14H,9-10H2,1H3,(H2,19,23);1-3H2. The molecule has 33 heavy (non-hydrogen) atoms. The number of cyclic esters (lactones) is 1. The van der Waals surface area contributed by atoms with Gasteiger partial charge in [-0.15, -0.1) is 0 Å². The third kappa shape index (κ3) is 7.16. The molecule has 3 unspecified atom stereocenters. The van der Waals surface area contributed by atoms with Gasteiger partial charge in [0, 0.05) is 25.2 Å². The van der Waals surface area contributed by atoms with Crippen molar-refractivity contribution in [3.63, 3.8) is 0 Å². The summed E-state index contributed by atoms with van der Waals surface area (Å²) in [6, 6.07) is 7.92. The quantitative estimate of drug-likeness (QED) is 0.482. The van der Waals surface area contributed by atoms with E-state index in [4.69, 9.17) is 19.3 Å². The molecule has 3 atom stereocenters. The van der Waals surface area contributed by atoms with Gasteiger partial charge in [0.15, 0.2) is 0 Å². The monoisotopic (exact) mass is 487 g/mol. The maximum Gasteiger partial charge on any atom is 0.456 e. The first-order chi connectivity index (χ1) is 15.6. The number of esters is 1. The Hall–Kier alpha value is -2.66. The van der Waals surface area contributed by atoms with Crippen LogP contribution in [0.4, 0.5) is 8.78 Å². The average molecular weight is 487 g/mol. The van der Waals surface area contributed by atoms with Crippen LogP contribution in [0.2, 0.25) is 0 Å². The number of ether oxygens (including phenoxy) is 2. The molecule has 2 saturated heterocycles. The lowest BCUT2D eigenvalue weighted by molar-refractivity contribution is -0.137. The van der Waals surface area contributed by atoms with Gasteiger partial charge in [-0.1, -0.05) is 17.7 Å². The molecular formula is C20H24F2N3O7P. The molecule has 4 rings (SSSR count). The van der Waals surface area contributed by atoms with Crippen molar-refractivity contribution >= 4 is 13.7 Å². The molecule has 0 aliphatic carbocycles. The number of halogens is 2. The minimum absolute atomic E-state index is 0.0463. The van der Waals surface area contributed by atoms with E-state index >= 15 is 0 Å². The van der Waals surface area contributed by atoms with Crippen LogP contribution in [0, 0.1) is 6.92 Å². The molecule has 10 nitrogen and oxygen atoms in total. The highest BCUT2D eigenvalue weighted by Crippen LogP contribution is 2.45. The molecule has 180 valence electrons. The summed E-state index contributed by atoms with van der Waals surface area (Å²) in [7, 11) is -4.03. The van der Waals surface area contributed by atoms with Gasteiger partial charge >= 0.3 is 19.4 Å². The Labute approximate surface area is 188 Å². The topological polar surface area (TPSA) is 132 Å². The maximum absolute atomic E-state index is 14.2. The molecule has 2 fully saturated rings. The van der Waals surface area contributed by atoms with E-state index < -0.39 is 44.7 Å². The Balaban J connectivity index is 0.000000442. The first-order valence-corrected chi connectivity index (χ1v) is 11.7. The molecule has 0 radical (unpaired) electrons. The van der Waals surface area contributed by atoms with E-state index in [1.54, 1.807) is 24.3 Å². The number of nitrogens with zero attached hydrogens (tertiary/aromatic N) is 2. The molecule has 1 aromatic heterocycles. The van der Waals surface area contributed by atoms with Crippen molar-refractivity contribution in [1.29, 1.82) is 0 Å². The predicted octanol–water partition coefficient (Wildman–Crippen LogP) is 2.96. The van der Waals surface area contributed by atoms with Crippen LogP contribution in [0.5, 0.6) is 5.75 Å². The van der Waals surface area contributed by atoms with Crippen molar-refractivity contribution < 1.29 is 36.7 Å². The molecule has 1 aromatic carbocycles. The number of rotatable bonds is 6. The van der Waals surface area contributed by atoms with Crippen LogP contribution < -0.4 is 15.7 Å². The minimum Gasteiger partial charge on any atom is -0.466 e. The molecule has 0 saturated carbocycles. The number of hydrogen-bond donors (Lipinski definition) is 1. The SMILES string of the molecule is Cc1ccc(OP(N)(=O)OCC2CC(F)(F)C(n3cccnc3=O)O2)cc1.O=C1CCCO1. The second-order valence-corrected chi connectivity index (χ2v) is 8.97. The minimum atomic E-state index is -4.03.